The summed E-state index contributed by atoms with van der Waals surface area (Å²) in [5.74, 6) is 0.427. The highest BCUT2D eigenvalue weighted by molar-refractivity contribution is 5.96. The number of alkyl halides is 2. The Kier molecular flexibility index (Phi) is 9.04. The minimum absolute atomic E-state index is 0.0120. The number of carbonyl (C=O) groups is 2. The molecule has 2 aromatic carbocycles. The fourth-order valence-electron chi connectivity index (χ4n) is 4.05. The molecule has 8 nitrogen and oxygen atoms in total. The lowest BCUT2D eigenvalue weighted by Gasteiger charge is -2.32. The van der Waals surface area contributed by atoms with E-state index in [1.165, 1.54) is 6.07 Å². The topological polar surface area (TPSA) is 92.3 Å². The van der Waals surface area contributed by atoms with E-state index >= 15 is 0 Å². The number of nitrogens with one attached hydrogen (secondary N) is 2. The summed E-state index contributed by atoms with van der Waals surface area (Å²) < 4.78 is 36.0. The maximum Gasteiger partial charge on any atom is 0.387 e. The fraction of sp³-hybridized carbons (Fsp3) is 0.483. The number of halogens is 2. The molecule has 2 aliphatic rings. The molecule has 0 bridgehead atoms. The quantitative estimate of drug-likeness (QED) is 0.366. The Morgan fingerprint density at radius 2 is 1.72 bits per heavy atom. The normalized spacial score (nSPS) is 17.8. The van der Waals surface area contributed by atoms with Gasteiger partial charge in [0.1, 0.15) is 6.04 Å². The smallest absolute Gasteiger partial charge is 0.387 e. The summed E-state index contributed by atoms with van der Waals surface area (Å²) in [7, 11) is 0. The van der Waals surface area contributed by atoms with Crippen LogP contribution in [0.4, 0.5) is 20.2 Å². The van der Waals surface area contributed by atoms with E-state index < -0.39 is 18.1 Å². The molecule has 2 amide bonds. The van der Waals surface area contributed by atoms with Crippen LogP contribution < -0.4 is 20.1 Å². The van der Waals surface area contributed by atoms with Crippen molar-refractivity contribution in [3.05, 3.63) is 48.0 Å². The maximum atomic E-state index is 13.1. The Morgan fingerprint density at radius 1 is 1.03 bits per heavy atom. The molecule has 2 aromatic rings. The Morgan fingerprint density at radius 3 is 2.36 bits per heavy atom. The van der Waals surface area contributed by atoms with Gasteiger partial charge in [0.2, 0.25) is 11.8 Å². The molecule has 2 fully saturated rings. The maximum absolute atomic E-state index is 13.1. The van der Waals surface area contributed by atoms with Crippen LogP contribution in [0.15, 0.2) is 47.6 Å². The summed E-state index contributed by atoms with van der Waals surface area (Å²) >= 11 is 0. The first-order valence-electron chi connectivity index (χ1n) is 13.3. The van der Waals surface area contributed by atoms with Crippen LogP contribution in [0.5, 0.6) is 11.5 Å². The number of piperidine rings is 1. The molecule has 0 radical (unpaired) electrons. The van der Waals surface area contributed by atoms with Crippen molar-refractivity contribution < 1.29 is 27.8 Å². The lowest BCUT2D eigenvalue weighted by molar-refractivity contribution is -0.123. The van der Waals surface area contributed by atoms with E-state index in [4.69, 9.17) is 4.74 Å². The molecule has 1 saturated carbocycles. The van der Waals surface area contributed by atoms with Crippen LogP contribution in [0.25, 0.3) is 0 Å². The largest absolute Gasteiger partial charge is 0.489 e. The van der Waals surface area contributed by atoms with Crippen molar-refractivity contribution in [2.24, 2.45) is 16.4 Å². The number of hydrazone groups is 1. The Balaban J connectivity index is 1.40. The summed E-state index contributed by atoms with van der Waals surface area (Å²) in [5, 5.41) is 12.1. The summed E-state index contributed by atoms with van der Waals surface area (Å²) in [6.07, 6.45) is 6.21. The van der Waals surface area contributed by atoms with Crippen LogP contribution in [0.2, 0.25) is 0 Å². The van der Waals surface area contributed by atoms with E-state index in [1.807, 2.05) is 20.8 Å². The molecule has 4 rings (SSSR count). The average molecular weight is 543 g/mol. The molecule has 0 aromatic heterocycles. The number of hydrogen-bond donors (Lipinski definition) is 2. The van der Waals surface area contributed by atoms with Crippen molar-refractivity contribution in [2.75, 3.05) is 23.8 Å². The Bertz CT molecular complexity index is 1180. The van der Waals surface area contributed by atoms with Crippen LogP contribution in [-0.2, 0) is 9.59 Å². The number of nitrogens with zero attached hydrogens (tertiary/aromatic N) is 2. The molecule has 0 spiro atoms. The number of benzene rings is 2. The minimum Gasteiger partial charge on any atom is -0.489 e. The van der Waals surface area contributed by atoms with Crippen molar-refractivity contribution >= 4 is 29.4 Å². The zero-order valence-electron chi connectivity index (χ0n) is 22.6. The van der Waals surface area contributed by atoms with E-state index in [2.05, 4.69) is 20.5 Å². The first-order valence-corrected chi connectivity index (χ1v) is 13.3. The van der Waals surface area contributed by atoms with Gasteiger partial charge in [-0.3, -0.25) is 14.6 Å². The van der Waals surface area contributed by atoms with Gasteiger partial charge in [-0.1, -0.05) is 20.8 Å². The summed E-state index contributed by atoms with van der Waals surface area (Å²) in [5.41, 5.74) is 1.42. The summed E-state index contributed by atoms with van der Waals surface area (Å²) in [4.78, 5) is 25.3. The van der Waals surface area contributed by atoms with Crippen LogP contribution in [0.1, 0.15) is 58.4 Å². The van der Waals surface area contributed by atoms with E-state index in [-0.39, 0.29) is 23.3 Å². The van der Waals surface area contributed by atoms with Gasteiger partial charge < -0.3 is 20.1 Å². The first kappa shape index (κ1) is 28.3. The monoisotopic (exact) mass is 542 g/mol. The number of hydrogen-bond acceptors (Lipinski definition) is 6. The van der Waals surface area contributed by atoms with Gasteiger partial charge in [0, 0.05) is 23.3 Å². The van der Waals surface area contributed by atoms with E-state index in [1.54, 1.807) is 47.6 Å². The molecule has 1 atom stereocenters. The average Bonchev–Trinajstić information content (AvgIpc) is 3.72. The number of rotatable bonds is 10. The van der Waals surface area contributed by atoms with Gasteiger partial charge in [0.05, 0.1) is 12.8 Å². The third kappa shape index (κ3) is 8.40. The van der Waals surface area contributed by atoms with Gasteiger partial charge in [-0.05, 0) is 86.1 Å². The van der Waals surface area contributed by atoms with Gasteiger partial charge in [0.15, 0.2) is 11.5 Å². The predicted molar refractivity (Wildman–Crippen MR) is 146 cm³/mol. The van der Waals surface area contributed by atoms with Gasteiger partial charge in [-0.2, -0.15) is 13.9 Å². The van der Waals surface area contributed by atoms with Crippen LogP contribution >= 0.6 is 0 Å². The molecule has 210 valence electrons. The van der Waals surface area contributed by atoms with Crippen molar-refractivity contribution in [1.29, 1.82) is 0 Å². The lowest BCUT2D eigenvalue weighted by atomic mass is 9.95. The third-order valence-electron chi connectivity index (χ3n) is 6.58. The Hall–Kier alpha value is -3.69. The predicted octanol–water partition coefficient (Wildman–Crippen LogP) is 5.89. The number of anilines is 2. The molecule has 1 aliphatic heterocycles. The number of carbonyl (C=O) groups excluding carboxylic acids is 2. The van der Waals surface area contributed by atoms with Crippen molar-refractivity contribution in [3.63, 3.8) is 0 Å². The van der Waals surface area contributed by atoms with E-state index in [0.29, 0.717) is 42.4 Å². The van der Waals surface area contributed by atoms with Gasteiger partial charge in [0.25, 0.3) is 0 Å². The Labute approximate surface area is 227 Å². The molecule has 10 heteroatoms. The van der Waals surface area contributed by atoms with Gasteiger partial charge >= 0.3 is 6.61 Å². The first-order chi connectivity index (χ1) is 18.6. The van der Waals surface area contributed by atoms with Gasteiger partial charge in [-0.15, -0.1) is 0 Å². The van der Waals surface area contributed by atoms with Crippen molar-refractivity contribution in [1.82, 2.24) is 5.01 Å². The second-order valence-electron chi connectivity index (χ2n) is 11.0. The highest BCUT2D eigenvalue weighted by Gasteiger charge is 2.28. The van der Waals surface area contributed by atoms with Crippen LogP contribution in [-0.4, -0.2) is 48.8 Å². The second-order valence-corrected chi connectivity index (χ2v) is 11.0. The molecule has 2 N–H and O–H groups in total. The highest BCUT2D eigenvalue weighted by Crippen LogP contribution is 2.34. The standard InChI is InChI=1S/C29H36F2N4O4/c1-29(2,3)27(37)34-22-12-10-21(11-13-22)33-26(36)23-6-4-5-15-35(23)32-17-20-9-14-24(39-28(30)31)25(16-20)38-18-19-7-8-19/h9-14,16-17,19,23,28H,4-8,15,18H2,1-3H3,(H,33,36)(H,34,37)/b32-17+. The molecule has 1 unspecified atom stereocenters. The minimum atomic E-state index is -2.95. The van der Waals surface area contributed by atoms with Crippen molar-refractivity contribution in [3.8, 4) is 11.5 Å². The second kappa shape index (κ2) is 12.4. The molecular formula is C29H36F2N4O4. The zero-order valence-corrected chi connectivity index (χ0v) is 22.6. The number of amides is 2. The highest BCUT2D eigenvalue weighted by atomic mass is 19.3. The molecule has 1 heterocycles. The van der Waals surface area contributed by atoms with Crippen LogP contribution in [0, 0.1) is 11.3 Å². The molecular weight excluding hydrogens is 506 g/mol. The lowest BCUT2D eigenvalue weighted by Crippen LogP contribution is -2.44. The van der Waals surface area contributed by atoms with Gasteiger partial charge in [-0.25, -0.2) is 0 Å². The summed E-state index contributed by atoms with van der Waals surface area (Å²) in [6.45, 7) is 3.65. The van der Waals surface area contributed by atoms with Crippen LogP contribution in [0.3, 0.4) is 0 Å². The molecule has 1 saturated heterocycles. The zero-order chi connectivity index (χ0) is 28.0. The summed E-state index contributed by atoms with van der Waals surface area (Å²) in [6, 6.07) is 11.2. The third-order valence-corrected chi connectivity index (χ3v) is 6.58. The molecule has 1 aliphatic carbocycles. The van der Waals surface area contributed by atoms with Crippen molar-refractivity contribution in [2.45, 2.75) is 65.5 Å². The van der Waals surface area contributed by atoms with E-state index in [0.717, 1.165) is 25.7 Å². The van der Waals surface area contributed by atoms with E-state index in [9.17, 15) is 18.4 Å². The molecule has 39 heavy (non-hydrogen) atoms. The fourth-order valence-corrected chi connectivity index (χ4v) is 4.05. The number of ether oxygens (including phenoxy) is 2. The SMILES string of the molecule is CC(C)(C)C(=O)Nc1ccc(NC(=O)C2CCCCN2/N=C/c2ccc(OC(F)F)c(OCC3CC3)c2)cc1.